The number of aryl methyl sites for hydroxylation is 1. The van der Waals surface area contributed by atoms with Crippen LogP contribution in [0.3, 0.4) is 0 Å². The topological polar surface area (TPSA) is 12.0 Å². The maximum absolute atomic E-state index is 13.5. The van der Waals surface area contributed by atoms with Crippen LogP contribution in [0.15, 0.2) is 36.4 Å². The second-order valence-corrected chi connectivity index (χ2v) is 5.23. The van der Waals surface area contributed by atoms with Gasteiger partial charge in [0.15, 0.2) is 0 Å². The van der Waals surface area contributed by atoms with Gasteiger partial charge in [-0.3, -0.25) is 0 Å². The zero-order valence-corrected chi connectivity index (χ0v) is 12.2. The molecule has 1 N–H and O–H groups in total. The summed E-state index contributed by atoms with van der Waals surface area (Å²) in [6, 6.07) is 10.0. The molecule has 19 heavy (non-hydrogen) atoms. The summed E-state index contributed by atoms with van der Waals surface area (Å²) in [7, 11) is 1.80. The molecule has 0 aliphatic rings. The minimum absolute atomic E-state index is 0.240. The number of nitrogens with one attached hydrogen (secondary N) is 1. The van der Waals surface area contributed by atoms with E-state index in [0.717, 1.165) is 16.7 Å². The summed E-state index contributed by atoms with van der Waals surface area (Å²) in [4.78, 5) is 0. The van der Waals surface area contributed by atoms with Crippen molar-refractivity contribution in [3.8, 4) is 0 Å². The van der Waals surface area contributed by atoms with Crippen LogP contribution in [0.5, 0.6) is 0 Å². The quantitative estimate of drug-likeness (QED) is 0.862. The molecule has 0 aliphatic carbocycles. The minimum Gasteiger partial charge on any atom is -0.309 e. The molecule has 100 valence electrons. The molecule has 2 rings (SSSR count). The predicted molar refractivity (Wildman–Crippen MR) is 78.5 cm³/mol. The Morgan fingerprint density at radius 3 is 2.26 bits per heavy atom. The first-order valence-corrected chi connectivity index (χ1v) is 6.66. The standard InChI is InChI=1S/C15H14Cl2FN/c1-9-6-10(8-11(18)7-9)15(19-2)14-12(16)4-3-5-13(14)17/h3-8,15,19H,1-2H3. The molecular weight excluding hydrogens is 284 g/mol. The molecule has 0 fully saturated rings. The molecule has 1 unspecified atom stereocenters. The number of rotatable bonds is 3. The second kappa shape index (κ2) is 5.91. The van der Waals surface area contributed by atoms with E-state index in [-0.39, 0.29) is 11.9 Å². The van der Waals surface area contributed by atoms with Gasteiger partial charge in [-0.2, -0.15) is 0 Å². The van der Waals surface area contributed by atoms with Gasteiger partial charge in [0.25, 0.3) is 0 Å². The fraction of sp³-hybridized carbons (Fsp3) is 0.200. The van der Waals surface area contributed by atoms with Crippen LogP contribution < -0.4 is 5.32 Å². The van der Waals surface area contributed by atoms with Crippen molar-refractivity contribution < 1.29 is 4.39 Å². The maximum Gasteiger partial charge on any atom is 0.123 e. The highest BCUT2D eigenvalue weighted by atomic mass is 35.5. The van der Waals surface area contributed by atoms with E-state index in [1.54, 1.807) is 25.2 Å². The van der Waals surface area contributed by atoms with Crippen LogP contribution in [0.4, 0.5) is 4.39 Å². The van der Waals surface area contributed by atoms with Gasteiger partial charge in [-0.1, -0.05) is 35.3 Å². The lowest BCUT2D eigenvalue weighted by atomic mass is 9.97. The molecule has 0 aliphatic heterocycles. The van der Waals surface area contributed by atoms with E-state index in [0.29, 0.717) is 10.0 Å². The average Bonchev–Trinajstić information content (AvgIpc) is 2.32. The highest BCUT2D eigenvalue weighted by molar-refractivity contribution is 6.36. The summed E-state index contributed by atoms with van der Waals surface area (Å²) in [6.07, 6.45) is 0. The first-order valence-electron chi connectivity index (χ1n) is 5.91. The zero-order chi connectivity index (χ0) is 14.0. The van der Waals surface area contributed by atoms with Gasteiger partial charge in [0.1, 0.15) is 5.82 Å². The van der Waals surface area contributed by atoms with Crippen LogP contribution in [-0.2, 0) is 0 Å². The Hall–Kier alpha value is -1.09. The Kier molecular flexibility index (Phi) is 4.46. The molecular formula is C15H14Cl2FN. The Labute approximate surface area is 122 Å². The third kappa shape index (κ3) is 3.08. The number of halogens is 3. The van der Waals surface area contributed by atoms with E-state index < -0.39 is 0 Å². The van der Waals surface area contributed by atoms with Crippen LogP contribution in [-0.4, -0.2) is 7.05 Å². The van der Waals surface area contributed by atoms with Crippen LogP contribution >= 0.6 is 23.2 Å². The van der Waals surface area contributed by atoms with Crippen molar-refractivity contribution in [2.45, 2.75) is 13.0 Å². The molecule has 0 spiro atoms. The summed E-state index contributed by atoms with van der Waals surface area (Å²) >= 11 is 12.4. The molecule has 0 radical (unpaired) electrons. The first kappa shape index (κ1) is 14.3. The van der Waals surface area contributed by atoms with E-state index in [1.807, 2.05) is 13.0 Å². The van der Waals surface area contributed by atoms with E-state index in [1.165, 1.54) is 12.1 Å². The highest BCUT2D eigenvalue weighted by Gasteiger charge is 2.19. The molecule has 0 saturated carbocycles. The summed E-state index contributed by atoms with van der Waals surface area (Å²) in [5, 5.41) is 4.26. The van der Waals surface area contributed by atoms with Gasteiger partial charge in [0.05, 0.1) is 6.04 Å². The van der Waals surface area contributed by atoms with Gasteiger partial charge >= 0.3 is 0 Å². The number of benzene rings is 2. The molecule has 0 aromatic heterocycles. The number of hydrogen-bond acceptors (Lipinski definition) is 1. The molecule has 1 atom stereocenters. The lowest BCUT2D eigenvalue weighted by molar-refractivity contribution is 0.615. The van der Waals surface area contributed by atoms with E-state index in [4.69, 9.17) is 23.2 Å². The van der Waals surface area contributed by atoms with Gasteiger partial charge < -0.3 is 5.32 Å². The third-order valence-corrected chi connectivity index (χ3v) is 3.63. The molecule has 0 amide bonds. The average molecular weight is 298 g/mol. The SMILES string of the molecule is CNC(c1cc(C)cc(F)c1)c1c(Cl)cccc1Cl. The minimum atomic E-state index is -0.265. The molecule has 0 saturated heterocycles. The van der Waals surface area contributed by atoms with Crippen molar-refractivity contribution in [3.63, 3.8) is 0 Å². The van der Waals surface area contributed by atoms with E-state index in [2.05, 4.69) is 5.32 Å². The lowest BCUT2D eigenvalue weighted by Gasteiger charge is -2.20. The van der Waals surface area contributed by atoms with Gasteiger partial charge in [-0.15, -0.1) is 0 Å². The van der Waals surface area contributed by atoms with Crippen molar-refractivity contribution in [1.29, 1.82) is 0 Å². The van der Waals surface area contributed by atoms with Crippen molar-refractivity contribution in [2.24, 2.45) is 0 Å². The van der Waals surface area contributed by atoms with Crippen molar-refractivity contribution in [1.82, 2.24) is 5.32 Å². The Morgan fingerprint density at radius 2 is 1.74 bits per heavy atom. The monoisotopic (exact) mass is 297 g/mol. The molecule has 0 heterocycles. The van der Waals surface area contributed by atoms with E-state index in [9.17, 15) is 4.39 Å². The predicted octanol–water partition coefficient (Wildman–Crippen LogP) is 4.75. The maximum atomic E-state index is 13.5. The van der Waals surface area contributed by atoms with Crippen LogP contribution in [0.2, 0.25) is 10.0 Å². The van der Waals surface area contributed by atoms with Gasteiger partial charge in [0, 0.05) is 15.6 Å². The molecule has 2 aromatic carbocycles. The largest absolute Gasteiger partial charge is 0.309 e. The Balaban J connectivity index is 2.56. The molecule has 2 aromatic rings. The van der Waals surface area contributed by atoms with Crippen molar-refractivity contribution in [2.75, 3.05) is 7.05 Å². The summed E-state index contributed by atoms with van der Waals surface area (Å²) in [6.45, 7) is 1.85. The van der Waals surface area contributed by atoms with Crippen molar-refractivity contribution in [3.05, 3.63) is 69.0 Å². The number of hydrogen-bond donors (Lipinski definition) is 1. The zero-order valence-electron chi connectivity index (χ0n) is 10.7. The highest BCUT2D eigenvalue weighted by Crippen LogP contribution is 2.34. The molecule has 1 nitrogen and oxygen atoms in total. The molecule has 4 heteroatoms. The fourth-order valence-corrected chi connectivity index (χ4v) is 2.81. The first-order chi connectivity index (χ1) is 9.02. The summed E-state index contributed by atoms with van der Waals surface area (Å²) < 4.78 is 13.5. The van der Waals surface area contributed by atoms with Gasteiger partial charge in [-0.05, 0) is 49.4 Å². The second-order valence-electron chi connectivity index (χ2n) is 4.42. The van der Waals surface area contributed by atoms with Crippen molar-refractivity contribution >= 4 is 23.2 Å². The van der Waals surface area contributed by atoms with Gasteiger partial charge in [0.2, 0.25) is 0 Å². The van der Waals surface area contributed by atoms with Crippen LogP contribution in [0.1, 0.15) is 22.7 Å². The third-order valence-electron chi connectivity index (χ3n) is 2.97. The Bertz CT molecular complexity index is 558. The molecule has 0 bridgehead atoms. The summed E-state index contributed by atoms with van der Waals surface area (Å²) in [5.41, 5.74) is 2.42. The smallest absolute Gasteiger partial charge is 0.123 e. The van der Waals surface area contributed by atoms with E-state index >= 15 is 0 Å². The van der Waals surface area contributed by atoms with Crippen LogP contribution in [0.25, 0.3) is 0 Å². The van der Waals surface area contributed by atoms with Crippen LogP contribution in [0, 0.1) is 12.7 Å². The summed E-state index contributed by atoms with van der Waals surface area (Å²) in [5.74, 6) is -0.265. The normalized spacial score (nSPS) is 12.5. The Morgan fingerprint density at radius 1 is 1.11 bits per heavy atom. The van der Waals surface area contributed by atoms with Gasteiger partial charge in [-0.25, -0.2) is 4.39 Å². The lowest BCUT2D eigenvalue weighted by Crippen LogP contribution is -2.19. The fourth-order valence-electron chi connectivity index (χ4n) is 2.20.